The Morgan fingerprint density at radius 3 is 2.47 bits per heavy atom. The van der Waals surface area contributed by atoms with E-state index in [4.69, 9.17) is 11.6 Å². The van der Waals surface area contributed by atoms with E-state index in [-0.39, 0.29) is 16.7 Å². The number of hydrogen-bond donors (Lipinski definition) is 1. The van der Waals surface area contributed by atoms with E-state index in [0.29, 0.717) is 42.5 Å². The first-order chi connectivity index (χ1) is 15.3. The molecule has 1 fully saturated rings. The van der Waals surface area contributed by atoms with Gasteiger partial charge in [0.05, 0.1) is 16.3 Å². The molecule has 1 heterocycles. The second kappa shape index (κ2) is 9.18. The lowest BCUT2D eigenvalue weighted by Gasteiger charge is -2.36. The largest absolute Gasteiger partial charge is 0.324 e. The third kappa shape index (κ3) is 4.87. The van der Waals surface area contributed by atoms with E-state index in [1.165, 1.54) is 24.3 Å². The molecule has 0 atom stereocenters. The molecule has 4 rings (SSSR count). The Labute approximate surface area is 191 Å². The van der Waals surface area contributed by atoms with Crippen molar-refractivity contribution in [3.05, 3.63) is 89.2 Å². The Bertz CT molecular complexity index is 1240. The van der Waals surface area contributed by atoms with Gasteiger partial charge in [-0.05, 0) is 54.4 Å². The summed E-state index contributed by atoms with van der Waals surface area (Å²) in [6.45, 7) is 1.35. The number of rotatable bonds is 6. The number of benzene rings is 3. The third-order valence-electron chi connectivity index (χ3n) is 5.14. The maximum absolute atomic E-state index is 13.2. The number of urea groups is 1. The number of hydrogen-bond acceptors (Lipinski definition) is 3. The zero-order chi connectivity index (χ0) is 22.7. The number of amides is 2. The van der Waals surface area contributed by atoms with Crippen LogP contribution in [-0.4, -0.2) is 32.4 Å². The lowest BCUT2D eigenvalue weighted by Crippen LogP contribution is -2.49. The molecule has 1 aliphatic rings. The zero-order valence-electron chi connectivity index (χ0n) is 17.0. The van der Waals surface area contributed by atoms with E-state index in [0.717, 1.165) is 5.56 Å². The Balaban J connectivity index is 1.58. The summed E-state index contributed by atoms with van der Waals surface area (Å²) in [6.07, 6.45) is 0.711. The van der Waals surface area contributed by atoms with Crippen molar-refractivity contribution in [1.29, 1.82) is 0 Å². The van der Waals surface area contributed by atoms with Crippen LogP contribution in [0.5, 0.6) is 0 Å². The summed E-state index contributed by atoms with van der Waals surface area (Å²) in [5.41, 5.74) is 1.58. The van der Waals surface area contributed by atoms with Gasteiger partial charge in [-0.3, -0.25) is 9.62 Å². The van der Waals surface area contributed by atoms with Crippen LogP contribution in [-0.2, 0) is 16.6 Å². The molecule has 1 aliphatic heterocycles. The quantitative estimate of drug-likeness (QED) is 0.540. The predicted octanol–water partition coefficient (Wildman–Crippen LogP) is 5.11. The Morgan fingerprint density at radius 2 is 1.72 bits per heavy atom. The number of halogens is 2. The van der Waals surface area contributed by atoms with Gasteiger partial charge in [-0.25, -0.2) is 17.6 Å². The lowest BCUT2D eigenvalue weighted by atomic mass is 10.1. The van der Waals surface area contributed by atoms with Gasteiger partial charge in [-0.15, -0.1) is 0 Å². The SMILES string of the molecule is O=C1N(Cc2ccc(F)cc2)CCCN1c1ccccc1NS(=O)(=O)c1cccc(Cl)c1. The van der Waals surface area contributed by atoms with Gasteiger partial charge in [0.25, 0.3) is 10.0 Å². The van der Waals surface area contributed by atoms with Crippen LogP contribution in [0.3, 0.4) is 0 Å². The monoisotopic (exact) mass is 473 g/mol. The second-order valence-electron chi connectivity index (χ2n) is 7.42. The van der Waals surface area contributed by atoms with E-state index in [1.807, 2.05) is 0 Å². The number of nitrogens with zero attached hydrogens (tertiary/aromatic N) is 2. The van der Waals surface area contributed by atoms with Crippen LogP contribution >= 0.6 is 11.6 Å². The number of sulfonamides is 1. The molecule has 0 aromatic heterocycles. The van der Waals surface area contributed by atoms with Crippen LogP contribution in [0.2, 0.25) is 5.02 Å². The van der Waals surface area contributed by atoms with Crippen molar-refractivity contribution in [2.75, 3.05) is 22.7 Å². The average Bonchev–Trinajstić information content (AvgIpc) is 2.77. The van der Waals surface area contributed by atoms with Gasteiger partial charge in [-0.2, -0.15) is 0 Å². The molecule has 3 aromatic carbocycles. The molecule has 0 saturated carbocycles. The Hall–Kier alpha value is -3.10. The van der Waals surface area contributed by atoms with Crippen LogP contribution in [0.15, 0.2) is 77.7 Å². The predicted molar refractivity (Wildman–Crippen MR) is 123 cm³/mol. The minimum atomic E-state index is -3.90. The number of carbonyl (C=O) groups is 1. The molecule has 0 aliphatic carbocycles. The molecule has 0 radical (unpaired) electrons. The molecular weight excluding hydrogens is 453 g/mol. The number of carbonyl (C=O) groups excluding carboxylic acids is 1. The standard InChI is InChI=1S/C23H21ClFN3O3S/c24-18-5-3-6-20(15-18)32(30,31)26-21-7-1-2-8-22(21)28-14-4-13-27(23(28)29)16-17-9-11-19(25)12-10-17/h1-3,5-12,15,26H,4,13-14,16H2. The van der Waals surface area contributed by atoms with Crippen LogP contribution in [0, 0.1) is 5.82 Å². The minimum absolute atomic E-state index is 0.0303. The summed E-state index contributed by atoms with van der Waals surface area (Å²) in [7, 11) is -3.90. The molecule has 0 bridgehead atoms. The van der Waals surface area contributed by atoms with E-state index in [9.17, 15) is 17.6 Å². The van der Waals surface area contributed by atoms with Gasteiger partial charge in [0.15, 0.2) is 0 Å². The summed E-state index contributed by atoms with van der Waals surface area (Å²) in [4.78, 5) is 16.5. The summed E-state index contributed by atoms with van der Waals surface area (Å²) in [5.74, 6) is -0.332. The molecule has 1 N–H and O–H groups in total. The van der Waals surface area contributed by atoms with Crippen molar-refractivity contribution < 1.29 is 17.6 Å². The van der Waals surface area contributed by atoms with E-state index < -0.39 is 10.0 Å². The van der Waals surface area contributed by atoms with Gasteiger partial charge in [0.2, 0.25) is 0 Å². The highest BCUT2D eigenvalue weighted by molar-refractivity contribution is 7.92. The van der Waals surface area contributed by atoms with Crippen molar-refractivity contribution in [3.8, 4) is 0 Å². The number of para-hydroxylation sites is 2. The lowest BCUT2D eigenvalue weighted by molar-refractivity contribution is 0.192. The van der Waals surface area contributed by atoms with Crippen LogP contribution in [0.1, 0.15) is 12.0 Å². The minimum Gasteiger partial charge on any atom is -0.320 e. The maximum atomic E-state index is 13.2. The maximum Gasteiger partial charge on any atom is 0.324 e. The van der Waals surface area contributed by atoms with Crippen LogP contribution < -0.4 is 9.62 Å². The smallest absolute Gasteiger partial charge is 0.320 e. The molecule has 6 nitrogen and oxygen atoms in total. The normalized spacial score (nSPS) is 14.5. The fraction of sp³-hybridized carbons (Fsp3) is 0.174. The molecule has 9 heteroatoms. The average molecular weight is 474 g/mol. The molecule has 0 spiro atoms. The van der Waals surface area contributed by atoms with Crippen molar-refractivity contribution >= 4 is 39.0 Å². The van der Waals surface area contributed by atoms with Crippen LogP contribution in [0.25, 0.3) is 0 Å². The van der Waals surface area contributed by atoms with Crippen molar-refractivity contribution in [1.82, 2.24) is 4.90 Å². The number of nitrogens with one attached hydrogen (secondary N) is 1. The molecule has 1 saturated heterocycles. The highest BCUT2D eigenvalue weighted by Gasteiger charge is 2.29. The van der Waals surface area contributed by atoms with Gasteiger partial charge >= 0.3 is 6.03 Å². The molecular formula is C23H21ClFN3O3S. The van der Waals surface area contributed by atoms with Gasteiger partial charge in [0, 0.05) is 24.7 Å². The Kier molecular flexibility index (Phi) is 6.34. The molecule has 2 amide bonds. The van der Waals surface area contributed by atoms with Crippen molar-refractivity contribution in [2.45, 2.75) is 17.9 Å². The summed E-state index contributed by atoms with van der Waals surface area (Å²) >= 11 is 5.95. The summed E-state index contributed by atoms with van der Waals surface area (Å²) < 4.78 is 41.6. The van der Waals surface area contributed by atoms with E-state index >= 15 is 0 Å². The zero-order valence-corrected chi connectivity index (χ0v) is 18.6. The fourth-order valence-electron chi connectivity index (χ4n) is 3.60. The second-order valence-corrected chi connectivity index (χ2v) is 9.53. The first-order valence-electron chi connectivity index (χ1n) is 10.0. The van der Waals surface area contributed by atoms with Gasteiger partial charge in [-0.1, -0.05) is 41.9 Å². The number of anilines is 2. The topological polar surface area (TPSA) is 69.7 Å². The first-order valence-corrected chi connectivity index (χ1v) is 11.9. The summed E-state index contributed by atoms with van der Waals surface area (Å²) in [6, 6.07) is 18.5. The summed E-state index contributed by atoms with van der Waals surface area (Å²) in [5, 5.41) is 0.309. The molecule has 0 unspecified atom stereocenters. The van der Waals surface area contributed by atoms with Crippen molar-refractivity contribution in [3.63, 3.8) is 0 Å². The molecule has 3 aromatic rings. The fourth-order valence-corrected chi connectivity index (χ4v) is 4.97. The highest BCUT2D eigenvalue weighted by atomic mass is 35.5. The Morgan fingerprint density at radius 1 is 0.969 bits per heavy atom. The highest BCUT2D eigenvalue weighted by Crippen LogP contribution is 2.31. The third-order valence-corrected chi connectivity index (χ3v) is 6.74. The molecule has 32 heavy (non-hydrogen) atoms. The molecule has 166 valence electrons. The van der Waals surface area contributed by atoms with Crippen LogP contribution in [0.4, 0.5) is 20.6 Å². The first kappa shape index (κ1) is 22.1. The van der Waals surface area contributed by atoms with Crippen molar-refractivity contribution in [2.24, 2.45) is 0 Å². The van der Waals surface area contributed by atoms with E-state index in [2.05, 4.69) is 4.72 Å². The van der Waals surface area contributed by atoms with Gasteiger partial charge < -0.3 is 4.90 Å². The van der Waals surface area contributed by atoms with E-state index in [1.54, 1.807) is 58.3 Å². The van der Waals surface area contributed by atoms with Gasteiger partial charge in [0.1, 0.15) is 5.82 Å².